The summed E-state index contributed by atoms with van der Waals surface area (Å²) in [5.41, 5.74) is 3.57. The largest absolute Gasteiger partial charge is 0.302 e. The Hall–Kier alpha value is -4.05. The fraction of sp³-hybridized carbons (Fsp3) is 0. The lowest BCUT2D eigenvalue weighted by Gasteiger charge is -2.11. The lowest BCUT2D eigenvalue weighted by atomic mass is 10.0. The molecule has 11 nitrogen and oxygen atoms in total. The topological polar surface area (TPSA) is 181 Å². The van der Waals surface area contributed by atoms with Crippen molar-refractivity contribution in [1.82, 2.24) is 20.2 Å². The first-order valence-electron chi connectivity index (χ1n) is 11.3. The van der Waals surface area contributed by atoms with Gasteiger partial charge in [0.1, 0.15) is 17.1 Å². The fourth-order valence-corrected chi connectivity index (χ4v) is 5.06. The van der Waals surface area contributed by atoms with Gasteiger partial charge in [-0.15, -0.1) is 10.2 Å². The summed E-state index contributed by atoms with van der Waals surface area (Å²) >= 11 is -4.27. The molecular weight excluding hydrogens is 577 g/mol. The van der Waals surface area contributed by atoms with Crippen LogP contribution in [0.3, 0.4) is 0 Å². The van der Waals surface area contributed by atoms with E-state index in [0.29, 0.717) is 28.2 Å². The lowest BCUT2D eigenvalue weighted by molar-refractivity contribution is 0.483. The molecule has 2 aromatic heterocycles. The number of hydrogen-bond acceptors (Lipinski definition) is 8. The first-order chi connectivity index (χ1) is 19.1. The summed E-state index contributed by atoms with van der Waals surface area (Å²) in [5, 5.41) is 8.60. The molecule has 5 rings (SSSR count). The quantitative estimate of drug-likeness (QED) is 0.180. The zero-order chi connectivity index (χ0) is 28.4. The molecule has 0 fully saturated rings. The molecule has 0 aliphatic rings. The maximum Gasteiger partial charge on any atom is 0.294 e. The minimum Gasteiger partial charge on any atom is -0.302 e. The number of aromatic nitrogens is 4. The molecule has 2 atom stereocenters. The van der Waals surface area contributed by atoms with E-state index in [1.807, 2.05) is 0 Å². The average Bonchev–Trinajstić information content (AvgIpc) is 2.96. The van der Waals surface area contributed by atoms with Gasteiger partial charge in [-0.25, -0.2) is 13.4 Å². The zero-order valence-corrected chi connectivity index (χ0v) is 22.6. The number of pyridine rings is 1. The van der Waals surface area contributed by atoms with Crippen molar-refractivity contribution in [3.05, 3.63) is 91.1 Å². The normalized spacial score (nSPS) is 13.1. The summed E-state index contributed by atoms with van der Waals surface area (Å²) in [6.45, 7) is 0. The predicted molar refractivity (Wildman–Crippen MR) is 147 cm³/mol. The molecule has 0 aliphatic heterocycles. The molecule has 5 aromatic rings. The van der Waals surface area contributed by atoms with Gasteiger partial charge in [0.25, 0.3) is 10.1 Å². The van der Waals surface area contributed by atoms with Crippen molar-refractivity contribution in [2.45, 2.75) is 14.7 Å². The Morgan fingerprint density at radius 2 is 1.15 bits per heavy atom. The van der Waals surface area contributed by atoms with E-state index < -0.39 is 32.3 Å². The maximum absolute atomic E-state index is 11.5. The molecule has 0 saturated heterocycles. The van der Waals surface area contributed by atoms with E-state index in [9.17, 15) is 30.5 Å². The van der Waals surface area contributed by atoms with Gasteiger partial charge in [0.05, 0.1) is 14.7 Å². The predicted octanol–water partition coefficient (Wildman–Crippen LogP) is 4.34. The van der Waals surface area contributed by atoms with Gasteiger partial charge in [0, 0.05) is 17.3 Å². The van der Waals surface area contributed by atoms with Crippen molar-refractivity contribution in [3.8, 4) is 45.2 Å². The summed E-state index contributed by atoms with van der Waals surface area (Å²) in [7, 11) is -4.39. The van der Waals surface area contributed by atoms with Crippen molar-refractivity contribution in [1.29, 1.82) is 0 Å². The van der Waals surface area contributed by atoms with Crippen LogP contribution in [0.2, 0.25) is 0 Å². The lowest BCUT2D eigenvalue weighted by Crippen LogP contribution is -2.02. The molecule has 202 valence electrons. The molecule has 3 N–H and O–H groups in total. The van der Waals surface area contributed by atoms with Gasteiger partial charge < -0.3 is 9.11 Å². The molecular formula is C26H18N4O7S3. The average molecular weight is 595 g/mol. The Kier molecular flexibility index (Phi) is 7.71. The highest BCUT2D eigenvalue weighted by atomic mass is 32.2. The summed E-state index contributed by atoms with van der Waals surface area (Å²) in [6.07, 6.45) is 1.57. The van der Waals surface area contributed by atoms with Crippen LogP contribution < -0.4 is 0 Å². The SMILES string of the molecule is O=S(O)c1ccc(-c2ccnc(-c3nnc(-c4ccc(S(=O)(=O)O)cc4)c(-c4ccc(S(=O)O)cc4)n3)c2)cc1. The second-order valence-corrected chi connectivity index (χ2v) is 11.7. The van der Waals surface area contributed by atoms with Crippen molar-refractivity contribution < 1.29 is 30.5 Å². The van der Waals surface area contributed by atoms with E-state index in [-0.39, 0.29) is 20.5 Å². The molecule has 40 heavy (non-hydrogen) atoms. The minimum absolute atomic E-state index is 0.179. The van der Waals surface area contributed by atoms with Crippen LogP contribution in [0.4, 0.5) is 0 Å². The van der Waals surface area contributed by atoms with Crippen LogP contribution in [-0.4, -0.2) is 50.7 Å². The van der Waals surface area contributed by atoms with Crippen LogP contribution in [0.25, 0.3) is 45.2 Å². The van der Waals surface area contributed by atoms with Gasteiger partial charge in [-0.05, 0) is 59.7 Å². The third-order valence-corrected chi connectivity index (χ3v) is 8.04. The van der Waals surface area contributed by atoms with Crippen LogP contribution in [-0.2, 0) is 32.3 Å². The van der Waals surface area contributed by atoms with Gasteiger partial charge in [0.15, 0.2) is 22.2 Å². The summed E-state index contributed by atoms with van der Waals surface area (Å²) in [6, 6.07) is 21.5. The number of nitrogens with zero attached hydrogens (tertiary/aromatic N) is 4. The van der Waals surface area contributed by atoms with Gasteiger partial charge in [-0.1, -0.05) is 36.4 Å². The van der Waals surface area contributed by atoms with Crippen molar-refractivity contribution in [3.63, 3.8) is 0 Å². The molecule has 0 saturated carbocycles. The van der Waals surface area contributed by atoms with Crippen molar-refractivity contribution >= 4 is 32.3 Å². The number of hydrogen-bond donors (Lipinski definition) is 3. The van der Waals surface area contributed by atoms with Crippen LogP contribution in [0, 0.1) is 0 Å². The van der Waals surface area contributed by atoms with E-state index >= 15 is 0 Å². The summed E-state index contributed by atoms with van der Waals surface area (Å²) in [5.74, 6) is 0.179. The molecule has 0 amide bonds. The van der Waals surface area contributed by atoms with Gasteiger partial charge in [0.2, 0.25) is 5.82 Å². The number of rotatable bonds is 7. The molecule has 2 unspecified atom stereocenters. The van der Waals surface area contributed by atoms with Crippen molar-refractivity contribution in [2.75, 3.05) is 0 Å². The molecule has 0 aliphatic carbocycles. The standard InChI is InChI=1S/C26H18N4O7S3/c31-38(32)20-7-1-16(2-8-20)19-13-14-27-23(15-19)26-28-24(17-3-9-21(10-4-17)39(33)34)25(29-30-26)18-5-11-22(12-6-18)40(35,36)37/h1-15H,(H,31,32)(H,33,34)(H,35,36,37). The summed E-state index contributed by atoms with van der Waals surface area (Å²) in [4.78, 5) is 9.24. The van der Waals surface area contributed by atoms with E-state index in [0.717, 1.165) is 11.1 Å². The first kappa shape index (κ1) is 27.5. The van der Waals surface area contributed by atoms with Gasteiger partial charge in [-0.3, -0.25) is 9.54 Å². The Morgan fingerprint density at radius 1 is 0.625 bits per heavy atom. The van der Waals surface area contributed by atoms with E-state index in [2.05, 4.69) is 15.2 Å². The summed E-state index contributed by atoms with van der Waals surface area (Å²) < 4.78 is 73.7. The maximum atomic E-state index is 11.5. The molecule has 3 aromatic carbocycles. The Balaban J connectivity index is 1.60. The molecule has 14 heteroatoms. The van der Waals surface area contributed by atoms with Gasteiger partial charge >= 0.3 is 0 Å². The second kappa shape index (κ2) is 11.2. The fourth-order valence-electron chi connectivity index (χ4n) is 3.84. The van der Waals surface area contributed by atoms with E-state index in [1.54, 1.807) is 54.7 Å². The van der Waals surface area contributed by atoms with Gasteiger partial charge in [-0.2, -0.15) is 8.42 Å². The zero-order valence-electron chi connectivity index (χ0n) is 20.1. The van der Waals surface area contributed by atoms with Crippen molar-refractivity contribution in [2.24, 2.45) is 0 Å². The first-order valence-corrected chi connectivity index (χ1v) is 15.0. The highest BCUT2D eigenvalue weighted by Gasteiger charge is 2.18. The molecule has 0 bridgehead atoms. The second-order valence-electron chi connectivity index (χ2n) is 8.31. The highest BCUT2D eigenvalue weighted by Crippen LogP contribution is 2.32. The van der Waals surface area contributed by atoms with Crippen LogP contribution in [0.1, 0.15) is 0 Å². The third-order valence-electron chi connectivity index (χ3n) is 5.82. The van der Waals surface area contributed by atoms with Crippen LogP contribution in [0.5, 0.6) is 0 Å². The molecule has 0 spiro atoms. The Labute approximate surface area is 233 Å². The van der Waals surface area contributed by atoms with E-state index in [1.165, 1.54) is 36.4 Å². The van der Waals surface area contributed by atoms with E-state index in [4.69, 9.17) is 4.98 Å². The Bertz CT molecular complexity index is 1860. The number of benzene rings is 3. The molecule has 2 heterocycles. The third kappa shape index (κ3) is 5.91. The highest BCUT2D eigenvalue weighted by molar-refractivity contribution is 7.85. The smallest absolute Gasteiger partial charge is 0.294 e. The minimum atomic E-state index is -4.39. The van der Waals surface area contributed by atoms with Crippen LogP contribution >= 0.6 is 0 Å². The Morgan fingerprint density at radius 3 is 1.70 bits per heavy atom. The molecule has 0 radical (unpaired) electrons. The monoisotopic (exact) mass is 594 g/mol. The van der Waals surface area contributed by atoms with Crippen LogP contribution in [0.15, 0.2) is 106 Å².